The molecular weight excluding hydrogens is 418 g/mol. The van der Waals surface area contributed by atoms with Gasteiger partial charge in [0.25, 0.3) is 5.91 Å². The molecule has 0 bridgehead atoms. The summed E-state index contributed by atoms with van der Waals surface area (Å²) in [4.78, 5) is 32.6. The van der Waals surface area contributed by atoms with Crippen LogP contribution in [0.1, 0.15) is 10.4 Å². The molecule has 8 nitrogen and oxygen atoms in total. The largest absolute Gasteiger partial charge is 0.452 e. The Morgan fingerprint density at radius 2 is 1.86 bits per heavy atom. The summed E-state index contributed by atoms with van der Waals surface area (Å²) >= 11 is 5.98. The second kappa shape index (κ2) is 8.79. The number of sulfone groups is 1. The highest BCUT2D eigenvalue weighted by Gasteiger charge is 2.23. The summed E-state index contributed by atoms with van der Waals surface area (Å²) in [6, 6.07) is 9.43. The van der Waals surface area contributed by atoms with Gasteiger partial charge in [-0.1, -0.05) is 17.7 Å². The number of anilines is 1. The van der Waals surface area contributed by atoms with Crippen molar-refractivity contribution in [3.8, 4) is 0 Å². The Kier molecular flexibility index (Phi) is 6.39. The Morgan fingerprint density at radius 3 is 2.48 bits per heavy atom. The molecule has 1 amide bonds. The SMILES string of the molecule is CS(=O)(=O)c1ccc(Cl)c(C(=O)OCC(=O)N2CCN(c3ccccn3)CC2)c1. The molecule has 0 unspecified atom stereocenters. The van der Waals surface area contributed by atoms with Crippen molar-refractivity contribution in [2.45, 2.75) is 4.90 Å². The van der Waals surface area contributed by atoms with Crippen LogP contribution in [0.3, 0.4) is 0 Å². The molecule has 1 aliphatic rings. The normalized spacial score (nSPS) is 14.6. The average molecular weight is 438 g/mol. The second-order valence-corrected chi connectivity index (χ2v) is 8.97. The van der Waals surface area contributed by atoms with E-state index >= 15 is 0 Å². The van der Waals surface area contributed by atoms with E-state index < -0.39 is 22.4 Å². The van der Waals surface area contributed by atoms with Gasteiger partial charge in [0.1, 0.15) is 5.82 Å². The lowest BCUT2D eigenvalue weighted by molar-refractivity contribution is -0.134. The number of rotatable bonds is 5. The minimum atomic E-state index is -3.50. The fraction of sp³-hybridized carbons (Fsp3) is 0.316. The van der Waals surface area contributed by atoms with E-state index in [9.17, 15) is 18.0 Å². The predicted octanol–water partition coefficient (Wildman–Crippen LogP) is 1.64. The lowest BCUT2D eigenvalue weighted by atomic mass is 10.2. The van der Waals surface area contributed by atoms with Crippen molar-refractivity contribution in [3.63, 3.8) is 0 Å². The van der Waals surface area contributed by atoms with E-state index in [0.717, 1.165) is 18.1 Å². The molecule has 2 aromatic rings. The van der Waals surface area contributed by atoms with E-state index in [1.807, 2.05) is 18.2 Å². The van der Waals surface area contributed by atoms with Crippen LogP contribution in [0.15, 0.2) is 47.5 Å². The first-order valence-corrected chi connectivity index (χ1v) is 11.1. The van der Waals surface area contributed by atoms with Crippen LogP contribution >= 0.6 is 11.6 Å². The molecule has 0 spiro atoms. The number of piperazine rings is 1. The van der Waals surface area contributed by atoms with E-state index in [1.165, 1.54) is 12.1 Å². The smallest absolute Gasteiger partial charge is 0.340 e. The maximum Gasteiger partial charge on any atom is 0.340 e. The second-order valence-electron chi connectivity index (χ2n) is 6.55. The number of nitrogens with zero attached hydrogens (tertiary/aromatic N) is 3. The molecule has 1 aromatic carbocycles. The standard InChI is InChI=1S/C19H20ClN3O5S/c1-29(26,27)14-5-6-16(20)15(12-14)19(25)28-13-18(24)23-10-8-22(9-11-23)17-4-2-3-7-21-17/h2-7,12H,8-11,13H2,1H3. The molecule has 1 saturated heterocycles. The molecule has 0 N–H and O–H groups in total. The van der Waals surface area contributed by atoms with Crippen LogP contribution in [-0.2, 0) is 19.4 Å². The number of carbonyl (C=O) groups is 2. The molecule has 0 atom stereocenters. The Hall–Kier alpha value is -2.65. The lowest BCUT2D eigenvalue weighted by Crippen LogP contribution is -2.50. The number of carbonyl (C=O) groups excluding carboxylic acids is 2. The molecule has 29 heavy (non-hydrogen) atoms. The van der Waals surface area contributed by atoms with E-state index in [0.29, 0.717) is 26.2 Å². The van der Waals surface area contributed by atoms with E-state index in [2.05, 4.69) is 9.88 Å². The first-order valence-electron chi connectivity index (χ1n) is 8.86. The molecule has 1 fully saturated rings. The average Bonchev–Trinajstić information content (AvgIpc) is 2.72. The molecule has 154 valence electrons. The van der Waals surface area contributed by atoms with Gasteiger partial charge in [0.2, 0.25) is 0 Å². The van der Waals surface area contributed by atoms with E-state index in [4.69, 9.17) is 16.3 Å². The minimum absolute atomic E-state index is 0.0502. The van der Waals surface area contributed by atoms with Gasteiger partial charge in [-0.25, -0.2) is 18.2 Å². The van der Waals surface area contributed by atoms with Crippen molar-refractivity contribution >= 4 is 39.1 Å². The van der Waals surface area contributed by atoms with E-state index in [1.54, 1.807) is 11.1 Å². The van der Waals surface area contributed by atoms with Crippen molar-refractivity contribution in [3.05, 3.63) is 53.2 Å². The molecule has 10 heteroatoms. The number of ether oxygens (including phenoxy) is 1. The molecule has 1 aromatic heterocycles. The van der Waals surface area contributed by atoms with Crippen LogP contribution in [0.25, 0.3) is 0 Å². The number of hydrogen-bond donors (Lipinski definition) is 0. The summed E-state index contributed by atoms with van der Waals surface area (Å²) in [5, 5.41) is 0.0545. The number of esters is 1. The van der Waals surface area contributed by atoms with Gasteiger partial charge in [0.15, 0.2) is 16.4 Å². The number of halogens is 1. The summed E-state index contributed by atoms with van der Waals surface area (Å²) in [6.07, 6.45) is 2.75. The zero-order valence-electron chi connectivity index (χ0n) is 15.7. The maximum atomic E-state index is 12.4. The van der Waals surface area contributed by atoms with Crippen molar-refractivity contribution in [1.29, 1.82) is 0 Å². The lowest BCUT2D eigenvalue weighted by Gasteiger charge is -2.35. The van der Waals surface area contributed by atoms with E-state index in [-0.39, 0.29) is 21.4 Å². The first-order chi connectivity index (χ1) is 13.8. The first kappa shape index (κ1) is 21.1. The Labute approximate surface area is 174 Å². The summed E-state index contributed by atoms with van der Waals surface area (Å²) < 4.78 is 28.4. The zero-order valence-corrected chi connectivity index (χ0v) is 17.3. The minimum Gasteiger partial charge on any atom is -0.452 e. The summed E-state index contributed by atoms with van der Waals surface area (Å²) in [5.41, 5.74) is -0.0950. The van der Waals surface area contributed by atoms with Crippen LogP contribution in [0.5, 0.6) is 0 Å². The Bertz CT molecular complexity index is 1010. The fourth-order valence-electron chi connectivity index (χ4n) is 2.91. The quantitative estimate of drug-likeness (QED) is 0.656. The molecule has 1 aliphatic heterocycles. The van der Waals surface area contributed by atoms with Gasteiger partial charge in [-0.15, -0.1) is 0 Å². The van der Waals surface area contributed by atoms with Crippen LogP contribution < -0.4 is 4.90 Å². The van der Waals surface area contributed by atoms with Gasteiger partial charge in [-0.05, 0) is 30.3 Å². The van der Waals surface area contributed by atoms with Gasteiger partial charge in [0.05, 0.1) is 15.5 Å². The van der Waals surface area contributed by atoms with Gasteiger partial charge in [-0.3, -0.25) is 4.79 Å². The third-order valence-electron chi connectivity index (χ3n) is 4.52. The van der Waals surface area contributed by atoms with Gasteiger partial charge in [-0.2, -0.15) is 0 Å². The van der Waals surface area contributed by atoms with Crippen molar-refractivity contribution in [1.82, 2.24) is 9.88 Å². The number of benzene rings is 1. The zero-order chi connectivity index (χ0) is 21.0. The number of amides is 1. The molecule has 3 rings (SSSR count). The van der Waals surface area contributed by atoms with Crippen LogP contribution in [0.2, 0.25) is 5.02 Å². The predicted molar refractivity (Wildman–Crippen MR) is 108 cm³/mol. The van der Waals surface area contributed by atoms with Crippen molar-refractivity contribution in [2.75, 3.05) is 43.9 Å². The van der Waals surface area contributed by atoms with Crippen molar-refractivity contribution in [2.24, 2.45) is 0 Å². The van der Waals surface area contributed by atoms with Gasteiger partial charge in [0, 0.05) is 38.6 Å². The van der Waals surface area contributed by atoms with Crippen LogP contribution in [0.4, 0.5) is 5.82 Å². The highest BCUT2D eigenvalue weighted by atomic mass is 35.5. The highest BCUT2D eigenvalue weighted by Crippen LogP contribution is 2.21. The molecule has 2 heterocycles. The molecule has 0 saturated carbocycles. The van der Waals surface area contributed by atoms with Crippen molar-refractivity contribution < 1.29 is 22.7 Å². The summed E-state index contributed by atoms with van der Waals surface area (Å²) in [7, 11) is -3.50. The van der Waals surface area contributed by atoms with Crippen LogP contribution in [0, 0.1) is 0 Å². The number of aromatic nitrogens is 1. The third-order valence-corrected chi connectivity index (χ3v) is 5.96. The number of pyridine rings is 1. The van der Waals surface area contributed by atoms with Gasteiger partial charge < -0.3 is 14.5 Å². The Morgan fingerprint density at radius 1 is 1.14 bits per heavy atom. The monoisotopic (exact) mass is 437 g/mol. The molecule has 0 radical (unpaired) electrons. The Balaban J connectivity index is 1.55. The van der Waals surface area contributed by atoms with Gasteiger partial charge >= 0.3 is 5.97 Å². The fourth-order valence-corrected chi connectivity index (χ4v) is 3.76. The summed E-state index contributed by atoms with van der Waals surface area (Å²) in [6.45, 7) is 1.77. The molecule has 0 aliphatic carbocycles. The molecular formula is C19H20ClN3O5S. The maximum absolute atomic E-state index is 12.4. The van der Waals surface area contributed by atoms with Crippen LogP contribution in [-0.4, -0.2) is 69.2 Å². The third kappa shape index (κ3) is 5.24. The highest BCUT2D eigenvalue weighted by molar-refractivity contribution is 7.90. The number of hydrogen-bond acceptors (Lipinski definition) is 7. The topological polar surface area (TPSA) is 96.9 Å². The summed E-state index contributed by atoms with van der Waals surface area (Å²) in [5.74, 6) is -0.318.